The second kappa shape index (κ2) is 6.88. The molecule has 0 aliphatic carbocycles. The third-order valence-corrected chi connectivity index (χ3v) is 4.23. The van der Waals surface area contributed by atoms with E-state index in [0.717, 1.165) is 24.2 Å². The first-order valence-corrected chi connectivity index (χ1v) is 8.22. The lowest BCUT2D eigenvalue weighted by Crippen LogP contribution is -2.40. The number of amides is 1. The van der Waals surface area contributed by atoms with Crippen molar-refractivity contribution < 1.29 is 4.79 Å². The Labute approximate surface area is 136 Å². The van der Waals surface area contributed by atoms with E-state index in [1.165, 1.54) is 5.56 Å². The number of benzene rings is 2. The molecule has 0 bridgehead atoms. The van der Waals surface area contributed by atoms with E-state index in [1.807, 2.05) is 36.4 Å². The van der Waals surface area contributed by atoms with Gasteiger partial charge in [-0.1, -0.05) is 48.5 Å². The largest absolute Gasteiger partial charge is 0.355 e. The van der Waals surface area contributed by atoms with E-state index in [-0.39, 0.29) is 11.9 Å². The molecule has 0 saturated heterocycles. The van der Waals surface area contributed by atoms with Crippen LogP contribution in [-0.2, 0) is 11.2 Å². The van der Waals surface area contributed by atoms with Crippen LogP contribution in [0.2, 0.25) is 0 Å². The molecular formula is C18H20N2OS. The van der Waals surface area contributed by atoms with Gasteiger partial charge in [-0.05, 0) is 23.6 Å². The van der Waals surface area contributed by atoms with E-state index in [4.69, 9.17) is 0 Å². The number of hydrogen-bond acceptors (Lipinski definition) is 3. The zero-order valence-electron chi connectivity index (χ0n) is 12.4. The first kappa shape index (κ1) is 15.0. The Morgan fingerprint density at radius 2 is 1.86 bits per heavy atom. The van der Waals surface area contributed by atoms with Crippen molar-refractivity contribution in [3.63, 3.8) is 0 Å². The fourth-order valence-corrected chi connectivity index (χ4v) is 3.13. The monoisotopic (exact) mass is 312 g/mol. The van der Waals surface area contributed by atoms with E-state index >= 15 is 0 Å². The lowest BCUT2D eigenvalue weighted by molar-refractivity contribution is -0.122. The van der Waals surface area contributed by atoms with Crippen molar-refractivity contribution in [3.8, 4) is 0 Å². The van der Waals surface area contributed by atoms with Crippen molar-refractivity contribution in [1.82, 2.24) is 5.32 Å². The van der Waals surface area contributed by atoms with Crippen LogP contribution in [0.4, 0.5) is 5.69 Å². The van der Waals surface area contributed by atoms with Gasteiger partial charge in [-0.25, -0.2) is 0 Å². The smallest absolute Gasteiger partial charge is 0.247 e. The van der Waals surface area contributed by atoms with Gasteiger partial charge in [-0.3, -0.25) is 4.79 Å². The maximum Gasteiger partial charge on any atom is 0.247 e. The van der Waals surface area contributed by atoms with Crippen LogP contribution in [0, 0.1) is 0 Å². The Hall–Kier alpha value is -1.94. The van der Waals surface area contributed by atoms with Gasteiger partial charge in [0.15, 0.2) is 0 Å². The molecule has 4 heteroatoms. The predicted molar refractivity (Wildman–Crippen MR) is 93.5 cm³/mol. The Kier molecular flexibility index (Phi) is 4.68. The summed E-state index contributed by atoms with van der Waals surface area (Å²) in [5.41, 5.74) is 3.50. The topological polar surface area (TPSA) is 32.3 Å². The molecule has 2 aromatic rings. The van der Waals surface area contributed by atoms with Gasteiger partial charge in [-0.2, -0.15) is 12.6 Å². The highest BCUT2D eigenvalue weighted by atomic mass is 32.1. The minimum Gasteiger partial charge on any atom is -0.355 e. The van der Waals surface area contributed by atoms with Gasteiger partial charge in [0.2, 0.25) is 5.91 Å². The quantitative estimate of drug-likeness (QED) is 0.832. The summed E-state index contributed by atoms with van der Waals surface area (Å²) < 4.78 is 0. The Morgan fingerprint density at radius 1 is 1.14 bits per heavy atom. The summed E-state index contributed by atoms with van der Waals surface area (Å²) >= 11 is 4.18. The molecule has 22 heavy (non-hydrogen) atoms. The third-order valence-electron chi connectivity index (χ3n) is 4.01. The van der Waals surface area contributed by atoms with E-state index < -0.39 is 0 Å². The third kappa shape index (κ3) is 2.97. The molecular weight excluding hydrogens is 292 g/mol. The number of hydrogen-bond donors (Lipinski definition) is 2. The molecule has 1 aliphatic rings. The standard InChI is InChI=1S/C18H20N2OS/c21-18(19-11-13-22)17(15-7-2-1-3-8-15)20-12-10-14-6-4-5-9-16(14)20/h1-9,17,22H,10-13H2,(H,19,21). The summed E-state index contributed by atoms with van der Waals surface area (Å²) in [6, 6.07) is 18.0. The van der Waals surface area contributed by atoms with Crippen molar-refractivity contribution in [2.24, 2.45) is 0 Å². The number of rotatable bonds is 5. The molecule has 2 aromatic carbocycles. The highest BCUT2D eigenvalue weighted by Crippen LogP contribution is 2.35. The van der Waals surface area contributed by atoms with Crippen LogP contribution >= 0.6 is 12.6 Å². The number of carbonyl (C=O) groups excluding carboxylic acids is 1. The van der Waals surface area contributed by atoms with Crippen molar-refractivity contribution in [2.45, 2.75) is 12.5 Å². The van der Waals surface area contributed by atoms with Gasteiger partial charge in [0.05, 0.1) is 0 Å². The summed E-state index contributed by atoms with van der Waals surface area (Å²) in [6.45, 7) is 1.45. The lowest BCUT2D eigenvalue weighted by Gasteiger charge is -2.29. The predicted octanol–water partition coefficient (Wildman–Crippen LogP) is 2.84. The molecule has 0 radical (unpaired) electrons. The number of nitrogens with one attached hydrogen (secondary N) is 1. The minimum atomic E-state index is -0.287. The summed E-state index contributed by atoms with van der Waals surface area (Å²) in [4.78, 5) is 14.9. The Balaban J connectivity index is 1.94. The van der Waals surface area contributed by atoms with Crippen molar-refractivity contribution in [3.05, 3.63) is 65.7 Å². The molecule has 0 saturated carbocycles. The maximum absolute atomic E-state index is 12.7. The van der Waals surface area contributed by atoms with Crippen LogP contribution in [0.3, 0.4) is 0 Å². The van der Waals surface area contributed by atoms with E-state index in [0.29, 0.717) is 12.3 Å². The zero-order chi connectivity index (χ0) is 15.4. The van der Waals surface area contributed by atoms with Crippen molar-refractivity contribution >= 4 is 24.2 Å². The van der Waals surface area contributed by atoms with Gasteiger partial charge >= 0.3 is 0 Å². The van der Waals surface area contributed by atoms with Crippen LogP contribution in [0.1, 0.15) is 17.2 Å². The van der Waals surface area contributed by atoms with Gasteiger partial charge in [0.25, 0.3) is 0 Å². The van der Waals surface area contributed by atoms with Gasteiger partial charge < -0.3 is 10.2 Å². The molecule has 1 amide bonds. The first-order valence-electron chi connectivity index (χ1n) is 7.59. The highest BCUT2D eigenvalue weighted by molar-refractivity contribution is 7.80. The second-order valence-electron chi connectivity index (χ2n) is 5.40. The van der Waals surface area contributed by atoms with E-state index in [2.05, 4.69) is 41.0 Å². The van der Waals surface area contributed by atoms with Crippen LogP contribution < -0.4 is 10.2 Å². The molecule has 1 heterocycles. The normalized spacial score (nSPS) is 14.5. The van der Waals surface area contributed by atoms with Gasteiger partial charge in [0.1, 0.15) is 6.04 Å². The molecule has 3 nitrogen and oxygen atoms in total. The Bertz CT molecular complexity index is 645. The molecule has 1 aliphatic heterocycles. The van der Waals surface area contributed by atoms with Crippen LogP contribution in [0.25, 0.3) is 0 Å². The van der Waals surface area contributed by atoms with E-state index in [1.54, 1.807) is 0 Å². The molecule has 1 unspecified atom stereocenters. The van der Waals surface area contributed by atoms with E-state index in [9.17, 15) is 4.79 Å². The summed E-state index contributed by atoms with van der Waals surface area (Å²) in [7, 11) is 0. The zero-order valence-corrected chi connectivity index (χ0v) is 13.3. The summed E-state index contributed by atoms with van der Waals surface area (Å²) in [5, 5.41) is 2.98. The number of para-hydroxylation sites is 1. The number of nitrogens with zero attached hydrogens (tertiary/aromatic N) is 1. The summed E-state index contributed by atoms with van der Waals surface area (Å²) in [6.07, 6.45) is 0.985. The number of thiol groups is 1. The first-order chi connectivity index (χ1) is 10.8. The van der Waals surface area contributed by atoms with Crippen LogP contribution in [0.5, 0.6) is 0 Å². The fourth-order valence-electron chi connectivity index (χ4n) is 3.02. The van der Waals surface area contributed by atoms with Gasteiger partial charge in [-0.15, -0.1) is 0 Å². The molecule has 0 spiro atoms. The molecule has 0 fully saturated rings. The lowest BCUT2D eigenvalue weighted by atomic mass is 10.0. The molecule has 3 rings (SSSR count). The average Bonchev–Trinajstić information content (AvgIpc) is 2.98. The minimum absolute atomic E-state index is 0.0388. The second-order valence-corrected chi connectivity index (χ2v) is 5.85. The number of carbonyl (C=O) groups is 1. The van der Waals surface area contributed by atoms with Gasteiger partial charge in [0, 0.05) is 24.5 Å². The number of fused-ring (bicyclic) bond motifs is 1. The summed E-state index contributed by atoms with van der Waals surface area (Å²) in [5.74, 6) is 0.682. The maximum atomic E-state index is 12.7. The number of anilines is 1. The fraction of sp³-hybridized carbons (Fsp3) is 0.278. The molecule has 0 aromatic heterocycles. The molecule has 1 N–H and O–H groups in total. The van der Waals surface area contributed by atoms with Crippen molar-refractivity contribution in [2.75, 3.05) is 23.7 Å². The molecule has 1 atom stereocenters. The molecule has 114 valence electrons. The van der Waals surface area contributed by atoms with Crippen LogP contribution in [-0.4, -0.2) is 24.7 Å². The van der Waals surface area contributed by atoms with Crippen molar-refractivity contribution in [1.29, 1.82) is 0 Å². The Morgan fingerprint density at radius 3 is 2.64 bits per heavy atom. The highest BCUT2D eigenvalue weighted by Gasteiger charge is 2.31. The SMILES string of the molecule is O=C(NCCS)C(c1ccccc1)N1CCc2ccccc21. The average molecular weight is 312 g/mol. The van der Waals surface area contributed by atoms with Crippen LogP contribution in [0.15, 0.2) is 54.6 Å².